The molecule has 1 atom stereocenters. The third-order valence-electron chi connectivity index (χ3n) is 6.65. The summed E-state index contributed by atoms with van der Waals surface area (Å²) in [5.74, 6) is -1.45. The predicted octanol–water partition coefficient (Wildman–Crippen LogP) is 5.00. The van der Waals surface area contributed by atoms with Crippen LogP contribution in [0.3, 0.4) is 0 Å². The number of carboxylic acid groups (broad SMARTS) is 1. The first-order valence-corrected chi connectivity index (χ1v) is 14.8. The lowest BCUT2D eigenvalue weighted by atomic mass is 9.95. The minimum Gasteiger partial charge on any atom is -0.493 e. The summed E-state index contributed by atoms with van der Waals surface area (Å²) in [6.45, 7) is 3.15. The Morgan fingerprint density at radius 3 is 2.36 bits per heavy atom. The summed E-state index contributed by atoms with van der Waals surface area (Å²) in [5.41, 5.74) is 4.85. The van der Waals surface area contributed by atoms with Gasteiger partial charge in [-0.2, -0.15) is 5.10 Å². The standard InChI is InChI=1S/C32H30Cl2N4O9/c1-4-45-31(42)27-17(2)36-32(43)37-28(27)21-9-10-24(25(13-21)44-3)46-16-26(39)38-35-14-19-11-22(33)29(23(34)12-19)47-15-18-5-7-20(8-6-18)30(40)41/h5-14,28H,4,15-16H2,1-3H3,(H,38,39)(H,40,41)(H2,36,37,43)/b35-14-/t28-/m0/s1. The molecule has 0 aliphatic carbocycles. The molecular weight excluding hydrogens is 655 g/mol. The zero-order valence-electron chi connectivity index (χ0n) is 25.4. The smallest absolute Gasteiger partial charge is 0.338 e. The number of methoxy groups -OCH3 is 1. The topological polar surface area (TPSA) is 174 Å². The van der Waals surface area contributed by atoms with Crippen LogP contribution >= 0.6 is 23.2 Å². The number of rotatable bonds is 13. The highest BCUT2D eigenvalue weighted by Crippen LogP contribution is 2.36. The van der Waals surface area contributed by atoms with E-state index in [0.29, 0.717) is 16.8 Å². The van der Waals surface area contributed by atoms with Gasteiger partial charge in [0.05, 0.1) is 47.2 Å². The number of ether oxygens (including phenoxy) is 4. The molecular formula is C32H30Cl2N4O9. The molecule has 246 valence electrons. The fourth-order valence-corrected chi connectivity index (χ4v) is 5.06. The molecule has 0 bridgehead atoms. The average Bonchev–Trinajstić information content (AvgIpc) is 3.03. The normalized spacial score (nSPS) is 14.2. The van der Waals surface area contributed by atoms with Gasteiger partial charge in [-0.1, -0.05) is 41.4 Å². The lowest BCUT2D eigenvalue weighted by Crippen LogP contribution is -2.45. The van der Waals surface area contributed by atoms with Crippen molar-refractivity contribution in [3.8, 4) is 17.2 Å². The summed E-state index contributed by atoms with van der Waals surface area (Å²) in [7, 11) is 1.41. The van der Waals surface area contributed by atoms with Crippen molar-refractivity contribution in [2.45, 2.75) is 26.5 Å². The monoisotopic (exact) mass is 684 g/mol. The fourth-order valence-electron chi connectivity index (χ4n) is 4.45. The minimum absolute atomic E-state index is 0.107. The number of carbonyl (C=O) groups is 4. The van der Waals surface area contributed by atoms with Gasteiger partial charge >= 0.3 is 18.0 Å². The number of carbonyl (C=O) groups excluding carboxylic acids is 3. The lowest BCUT2D eigenvalue weighted by Gasteiger charge is -2.28. The predicted molar refractivity (Wildman–Crippen MR) is 172 cm³/mol. The van der Waals surface area contributed by atoms with E-state index in [0.717, 1.165) is 5.56 Å². The van der Waals surface area contributed by atoms with Gasteiger partial charge in [0.25, 0.3) is 5.91 Å². The second-order valence-electron chi connectivity index (χ2n) is 9.89. The van der Waals surface area contributed by atoms with Crippen molar-refractivity contribution in [2.75, 3.05) is 20.3 Å². The van der Waals surface area contributed by atoms with E-state index in [2.05, 4.69) is 21.2 Å². The second kappa shape index (κ2) is 15.8. The zero-order valence-corrected chi connectivity index (χ0v) is 26.9. The van der Waals surface area contributed by atoms with Gasteiger partial charge in [0.2, 0.25) is 0 Å². The number of carboxylic acids is 1. The van der Waals surface area contributed by atoms with E-state index < -0.39 is 36.5 Å². The number of allylic oxidation sites excluding steroid dienone is 1. The quantitative estimate of drug-likeness (QED) is 0.110. The number of esters is 1. The number of hydrogen-bond acceptors (Lipinski definition) is 9. The number of nitrogens with zero attached hydrogens (tertiary/aromatic N) is 1. The molecule has 3 amide bonds. The summed E-state index contributed by atoms with van der Waals surface area (Å²) in [4.78, 5) is 48.2. The molecule has 0 unspecified atom stereocenters. The van der Waals surface area contributed by atoms with Crippen LogP contribution in [0, 0.1) is 0 Å². The number of halogens is 2. The number of hydrazone groups is 1. The lowest BCUT2D eigenvalue weighted by molar-refractivity contribution is -0.139. The number of amides is 3. The van der Waals surface area contributed by atoms with Crippen LogP contribution in [0.5, 0.6) is 17.2 Å². The fraction of sp³-hybridized carbons (Fsp3) is 0.219. The van der Waals surface area contributed by atoms with Crippen molar-refractivity contribution < 1.29 is 43.2 Å². The zero-order chi connectivity index (χ0) is 34.1. The molecule has 1 aliphatic rings. The molecule has 0 fully saturated rings. The molecule has 0 aromatic heterocycles. The van der Waals surface area contributed by atoms with Gasteiger partial charge in [-0.05, 0) is 66.9 Å². The summed E-state index contributed by atoms with van der Waals surface area (Å²) in [6, 6.07) is 12.8. The van der Waals surface area contributed by atoms with Gasteiger partial charge in [0.1, 0.15) is 6.61 Å². The molecule has 3 aromatic carbocycles. The molecule has 47 heavy (non-hydrogen) atoms. The molecule has 1 aliphatic heterocycles. The van der Waals surface area contributed by atoms with Gasteiger partial charge in [-0.15, -0.1) is 0 Å². The highest BCUT2D eigenvalue weighted by atomic mass is 35.5. The van der Waals surface area contributed by atoms with Crippen LogP contribution in [0.15, 0.2) is 71.0 Å². The van der Waals surface area contributed by atoms with Crippen LogP contribution in [-0.4, -0.2) is 55.5 Å². The van der Waals surface area contributed by atoms with Crippen LogP contribution in [-0.2, 0) is 20.9 Å². The summed E-state index contributed by atoms with van der Waals surface area (Å²) >= 11 is 12.7. The van der Waals surface area contributed by atoms with E-state index in [4.69, 9.17) is 47.3 Å². The van der Waals surface area contributed by atoms with Crippen LogP contribution < -0.4 is 30.3 Å². The maximum absolute atomic E-state index is 12.6. The van der Waals surface area contributed by atoms with Crippen molar-refractivity contribution in [3.63, 3.8) is 0 Å². The van der Waals surface area contributed by atoms with Gasteiger partial charge in [0.15, 0.2) is 23.9 Å². The van der Waals surface area contributed by atoms with Crippen LogP contribution in [0.25, 0.3) is 0 Å². The van der Waals surface area contributed by atoms with Gasteiger partial charge < -0.3 is 34.7 Å². The first-order chi connectivity index (χ1) is 22.5. The SMILES string of the molecule is CCOC(=O)C1=C(C)NC(=O)N[C@H]1c1ccc(OCC(=O)N/N=C\c2cc(Cl)c(OCc3ccc(C(=O)O)cc3)c(Cl)c2)c(OC)c1. The Morgan fingerprint density at radius 1 is 1.02 bits per heavy atom. The molecule has 4 N–H and O–H groups in total. The largest absolute Gasteiger partial charge is 0.493 e. The summed E-state index contributed by atoms with van der Waals surface area (Å²) in [6.07, 6.45) is 1.34. The van der Waals surface area contributed by atoms with Gasteiger partial charge in [0, 0.05) is 5.70 Å². The maximum Gasteiger partial charge on any atom is 0.338 e. The van der Waals surface area contributed by atoms with Crippen molar-refractivity contribution in [3.05, 3.63) is 98.2 Å². The van der Waals surface area contributed by atoms with Crippen molar-refractivity contribution in [1.82, 2.24) is 16.1 Å². The van der Waals surface area contributed by atoms with Crippen LogP contribution in [0.2, 0.25) is 10.0 Å². The Morgan fingerprint density at radius 2 is 1.72 bits per heavy atom. The third-order valence-corrected chi connectivity index (χ3v) is 7.21. The average molecular weight is 686 g/mol. The summed E-state index contributed by atoms with van der Waals surface area (Å²) in [5, 5.41) is 18.6. The number of benzene rings is 3. The van der Waals surface area contributed by atoms with Crippen molar-refractivity contribution in [1.29, 1.82) is 0 Å². The minimum atomic E-state index is -1.03. The van der Waals surface area contributed by atoms with Crippen LogP contribution in [0.4, 0.5) is 4.79 Å². The molecule has 0 saturated heterocycles. The molecule has 0 spiro atoms. The molecule has 13 nitrogen and oxygen atoms in total. The number of aromatic carboxylic acids is 1. The molecule has 1 heterocycles. The third kappa shape index (κ3) is 8.93. The van der Waals surface area contributed by atoms with Crippen LogP contribution in [0.1, 0.15) is 46.9 Å². The van der Waals surface area contributed by atoms with Crippen molar-refractivity contribution >= 4 is 53.3 Å². The first-order valence-electron chi connectivity index (χ1n) is 14.0. The number of nitrogens with one attached hydrogen (secondary N) is 3. The molecule has 15 heteroatoms. The second-order valence-corrected chi connectivity index (χ2v) is 10.7. The maximum atomic E-state index is 12.6. The Kier molecular flexibility index (Phi) is 11.7. The van der Waals surface area contributed by atoms with Gasteiger partial charge in [-0.3, -0.25) is 4.79 Å². The number of hydrogen-bond donors (Lipinski definition) is 4. The number of urea groups is 1. The van der Waals surface area contributed by atoms with E-state index in [1.807, 2.05) is 0 Å². The molecule has 4 rings (SSSR count). The van der Waals surface area contributed by atoms with E-state index >= 15 is 0 Å². The van der Waals surface area contributed by atoms with Crippen molar-refractivity contribution in [2.24, 2.45) is 5.10 Å². The Bertz CT molecular complexity index is 1720. The Labute approximate surface area is 279 Å². The van der Waals surface area contributed by atoms with E-state index in [9.17, 15) is 19.2 Å². The molecule has 0 saturated carbocycles. The van der Waals surface area contributed by atoms with E-state index in [1.165, 1.54) is 25.5 Å². The van der Waals surface area contributed by atoms with E-state index in [-0.39, 0.29) is 51.6 Å². The highest BCUT2D eigenvalue weighted by molar-refractivity contribution is 6.37. The summed E-state index contributed by atoms with van der Waals surface area (Å²) < 4.78 is 21.9. The molecule has 3 aromatic rings. The van der Waals surface area contributed by atoms with E-state index in [1.54, 1.807) is 56.3 Å². The Balaban J connectivity index is 1.34. The highest BCUT2D eigenvalue weighted by Gasteiger charge is 2.32. The Hall–Kier alpha value is -5.27. The first kappa shape index (κ1) is 34.6. The van der Waals surface area contributed by atoms with Gasteiger partial charge in [-0.25, -0.2) is 19.8 Å². The molecule has 0 radical (unpaired) electrons.